The molecule has 2 aliphatic rings. The molecular formula is C16H24N2O3. The number of piperidine rings is 1. The zero-order valence-corrected chi connectivity index (χ0v) is 12.6. The molecule has 1 aromatic rings. The first-order valence-electron chi connectivity index (χ1n) is 7.77. The third kappa shape index (κ3) is 3.24. The highest BCUT2D eigenvalue weighted by atomic mass is 16.7. The third-order valence-electron chi connectivity index (χ3n) is 4.09. The van der Waals surface area contributed by atoms with Crippen LogP contribution in [0.3, 0.4) is 0 Å². The summed E-state index contributed by atoms with van der Waals surface area (Å²) >= 11 is 0. The molecule has 1 aromatic carbocycles. The average Bonchev–Trinajstić information content (AvgIpc) is 2.93. The molecule has 0 radical (unpaired) electrons. The van der Waals surface area contributed by atoms with Crippen LogP contribution in [0.2, 0.25) is 0 Å². The van der Waals surface area contributed by atoms with Crippen LogP contribution in [-0.4, -0.2) is 38.7 Å². The lowest BCUT2D eigenvalue weighted by atomic mass is 10.0. The van der Waals surface area contributed by atoms with Crippen LogP contribution >= 0.6 is 0 Å². The van der Waals surface area contributed by atoms with Gasteiger partial charge in [0.15, 0.2) is 5.79 Å². The van der Waals surface area contributed by atoms with E-state index < -0.39 is 0 Å². The van der Waals surface area contributed by atoms with Crippen molar-refractivity contribution in [1.82, 2.24) is 0 Å². The van der Waals surface area contributed by atoms with E-state index in [-0.39, 0.29) is 5.79 Å². The van der Waals surface area contributed by atoms with Crippen molar-refractivity contribution in [3.63, 3.8) is 0 Å². The highest BCUT2D eigenvalue weighted by molar-refractivity contribution is 5.60. The molecule has 0 atom stereocenters. The minimum Gasteiger partial charge on any atom is -0.493 e. The van der Waals surface area contributed by atoms with Crippen molar-refractivity contribution in [2.45, 2.75) is 32.0 Å². The summed E-state index contributed by atoms with van der Waals surface area (Å²) in [6.07, 6.45) is 2.78. The van der Waals surface area contributed by atoms with Crippen molar-refractivity contribution in [3.8, 4) is 5.75 Å². The van der Waals surface area contributed by atoms with Gasteiger partial charge in [-0.05, 0) is 12.5 Å². The Hall–Kier alpha value is -1.46. The molecule has 2 fully saturated rings. The van der Waals surface area contributed by atoms with E-state index in [0.717, 1.165) is 49.5 Å². The quantitative estimate of drug-likeness (QED) is 0.864. The van der Waals surface area contributed by atoms with Gasteiger partial charge in [-0.2, -0.15) is 0 Å². The first kappa shape index (κ1) is 14.5. The monoisotopic (exact) mass is 292 g/mol. The lowest BCUT2D eigenvalue weighted by Crippen LogP contribution is -2.45. The van der Waals surface area contributed by atoms with E-state index in [0.29, 0.717) is 19.8 Å². The Kier molecular flexibility index (Phi) is 4.22. The summed E-state index contributed by atoms with van der Waals surface area (Å²) in [7, 11) is 0. The van der Waals surface area contributed by atoms with Crippen LogP contribution in [-0.2, 0) is 9.47 Å². The van der Waals surface area contributed by atoms with Crippen LogP contribution in [0.25, 0.3) is 0 Å². The van der Waals surface area contributed by atoms with Crippen molar-refractivity contribution in [2.75, 3.05) is 43.5 Å². The van der Waals surface area contributed by atoms with Gasteiger partial charge in [-0.25, -0.2) is 0 Å². The molecular weight excluding hydrogens is 268 g/mol. The fourth-order valence-electron chi connectivity index (χ4n) is 2.98. The Bertz CT molecular complexity index is 476. The van der Waals surface area contributed by atoms with Crippen molar-refractivity contribution < 1.29 is 14.2 Å². The van der Waals surface area contributed by atoms with Gasteiger partial charge < -0.3 is 24.8 Å². The zero-order valence-electron chi connectivity index (χ0n) is 12.6. The highest BCUT2D eigenvalue weighted by Crippen LogP contribution is 2.34. The topological polar surface area (TPSA) is 57.0 Å². The molecule has 0 aliphatic carbocycles. The van der Waals surface area contributed by atoms with Crippen LogP contribution in [0.15, 0.2) is 18.2 Å². The van der Waals surface area contributed by atoms with E-state index in [4.69, 9.17) is 19.9 Å². The van der Waals surface area contributed by atoms with Gasteiger partial charge in [0.25, 0.3) is 0 Å². The Labute approximate surface area is 126 Å². The van der Waals surface area contributed by atoms with E-state index >= 15 is 0 Å². The maximum absolute atomic E-state index is 6.00. The van der Waals surface area contributed by atoms with Gasteiger partial charge in [-0.1, -0.05) is 6.92 Å². The molecule has 2 saturated heterocycles. The molecule has 0 saturated carbocycles. The van der Waals surface area contributed by atoms with E-state index in [1.807, 2.05) is 12.1 Å². The van der Waals surface area contributed by atoms with E-state index in [1.165, 1.54) is 0 Å². The first-order valence-corrected chi connectivity index (χ1v) is 7.77. The van der Waals surface area contributed by atoms with Gasteiger partial charge in [0.05, 0.1) is 19.8 Å². The molecule has 2 N–H and O–H groups in total. The number of nitrogens with zero attached hydrogens (tertiary/aromatic N) is 1. The molecule has 21 heavy (non-hydrogen) atoms. The fourth-order valence-corrected chi connectivity index (χ4v) is 2.98. The molecule has 5 heteroatoms. The van der Waals surface area contributed by atoms with Crippen LogP contribution < -0.4 is 15.4 Å². The fraction of sp³-hybridized carbons (Fsp3) is 0.625. The molecule has 0 aromatic heterocycles. The summed E-state index contributed by atoms with van der Waals surface area (Å²) in [4.78, 5) is 2.32. The molecule has 2 aliphatic heterocycles. The number of benzene rings is 1. The normalized spacial score (nSPS) is 20.9. The minimum absolute atomic E-state index is 0.335. The number of hydrogen-bond acceptors (Lipinski definition) is 5. The smallest absolute Gasteiger partial charge is 0.171 e. The summed E-state index contributed by atoms with van der Waals surface area (Å²) in [6.45, 7) is 6.07. The van der Waals surface area contributed by atoms with Gasteiger partial charge in [-0.15, -0.1) is 0 Å². The number of rotatable bonds is 4. The van der Waals surface area contributed by atoms with Crippen molar-refractivity contribution >= 4 is 11.4 Å². The first-order chi connectivity index (χ1) is 10.2. The van der Waals surface area contributed by atoms with Gasteiger partial charge in [0, 0.05) is 49.4 Å². The summed E-state index contributed by atoms with van der Waals surface area (Å²) in [5.41, 5.74) is 7.86. The Morgan fingerprint density at radius 1 is 1.19 bits per heavy atom. The lowest BCUT2D eigenvalue weighted by molar-refractivity contribution is -0.169. The van der Waals surface area contributed by atoms with Crippen molar-refractivity contribution in [3.05, 3.63) is 18.2 Å². The molecule has 3 rings (SSSR count). The van der Waals surface area contributed by atoms with Gasteiger partial charge in [-0.3, -0.25) is 0 Å². The predicted molar refractivity (Wildman–Crippen MR) is 82.7 cm³/mol. The Morgan fingerprint density at radius 2 is 1.90 bits per heavy atom. The number of nitrogen functional groups attached to an aromatic ring is 1. The van der Waals surface area contributed by atoms with Gasteiger partial charge >= 0.3 is 0 Å². The summed E-state index contributed by atoms with van der Waals surface area (Å²) in [5.74, 6) is 0.513. The molecule has 0 bridgehead atoms. The maximum Gasteiger partial charge on any atom is 0.171 e. The second-order valence-electron chi connectivity index (χ2n) is 5.70. The predicted octanol–water partition coefficient (Wildman–Crippen LogP) is 2.40. The molecule has 0 amide bonds. The molecule has 1 spiro atoms. The van der Waals surface area contributed by atoms with Crippen molar-refractivity contribution in [2.24, 2.45) is 0 Å². The minimum atomic E-state index is -0.335. The second kappa shape index (κ2) is 6.12. The zero-order chi connectivity index (χ0) is 14.7. The SMILES string of the molecule is CCCOc1cc(N)cc(N2CCC3(CC2)OCCO3)c1. The van der Waals surface area contributed by atoms with Gasteiger partial charge in [0.2, 0.25) is 0 Å². The number of anilines is 2. The number of hydrogen-bond donors (Lipinski definition) is 1. The maximum atomic E-state index is 6.00. The Balaban J connectivity index is 1.68. The third-order valence-corrected chi connectivity index (χ3v) is 4.09. The summed E-state index contributed by atoms with van der Waals surface area (Å²) < 4.78 is 17.2. The van der Waals surface area contributed by atoms with Gasteiger partial charge in [0.1, 0.15) is 5.75 Å². The highest BCUT2D eigenvalue weighted by Gasteiger charge is 2.39. The largest absolute Gasteiger partial charge is 0.493 e. The van der Waals surface area contributed by atoms with Crippen LogP contribution in [0.1, 0.15) is 26.2 Å². The second-order valence-corrected chi connectivity index (χ2v) is 5.70. The lowest BCUT2D eigenvalue weighted by Gasteiger charge is -2.38. The summed E-state index contributed by atoms with van der Waals surface area (Å²) in [5, 5.41) is 0. The standard InChI is InChI=1S/C16H24N2O3/c1-2-7-19-15-11-13(17)10-14(12-15)18-5-3-16(4-6-18)20-8-9-21-16/h10-12H,2-9,17H2,1H3. The Morgan fingerprint density at radius 3 is 2.57 bits per heavy atom. The molecule has 5 nitrogen and oxygen atoms in total. The van der Waals surface area contributed by atoms with E-state index in [9.17, 15) is 0 Å². The molecule has 0 unspecified atom stereocenters. The van der Waals surface area contributed by atoms with Crippen molar-refractivity contribution in [1.29, 1.82) is 0 Å². The van der Waals surface area contributed by atoms with Crippen LogP contribution in [0, 0.1) is 0 Å². The van der Waals surface area contributed by atoms with Crippen LogP contribution in [0.5, 0.6) is 5.75 Å². The average molecular weight is 292 g/mol. The number of nitrogens with two attached hydrogens (primary N) is 1. The molecule has 116 valence electrons. The van der Waals surface area contributed by atoms with Crippen LogP contribution in [0.4, 0.5) is 11.4 Å². The number of ether oxygens (including phenoxy) is 3. The summed E-state index contributed by atoms with van der Waals surface area (Å²) in [6, 6.07) is 5.96. The molecule has 2 heterocycles. The van der Waals surface area contributed by atoms with E-state index in [1.54, 1.807) is 0 Å². The van der Waals surface area contributed by atoms with E-state index in [2.05, 4.69) is 17.9 Å².